The van der Waals surface area contributed by atoms with Gasteiger partial charge < -0.3 is 10.4 Å². The maximum Gasteiger partial charge on any atom is 0.326 e. The van der Waals surface area contributed by atoms with E-state index in [0.717, 1.165) is 11.1 Å². The Balaban J connectivity index is 1.89. The molecule has 1 atom stereocenters. The standard InChI is InChI=1S/C18H18ClNO3/c19-15-9-6-14(7-10-15)12-16(18(22)23)20-17(21)11-8-13-4-2-1-3-5-13/h1-7,9-10,16H,8,11-12H2,(H,20,21)(H,22,23)/t16-/m0/s1. The number of carbonyl (C=O) groups excluding carboxylic acids is 1. The third kappa shape index (κ3) is 5.75. The zero-order valence-corrected chi connectivity index (χ0v) is 13.3. The van der Waals surface area contributed by atoms with Gasteiger partial charge in [-0.2, -0.15) is 0 Å². The molecular weight excluding hydrogens is 314 g/mol. The number of hydrogen-bond donors (Lipinski definition) is 2. The molecule has 0 aliphatic carbocycles. The summed E-state index contributed by atoms with van der Waals surface area (Å²) in [6.07, 6.45) is 1.07. The molecule has 2 aromatic rings. The van der Waals surface area contributed by atoms with Crippen LogP contribution in [-0.2, 0) is 22.4 Å². The van der Waals surface area contributed by atoms with E-state index in [2.05, 4.69) is 5.32 Å². The van der Waals surface area contributed by atoms with E-state index in [4.69, 9.17) is 11.6 Å². The first-order valence-corrected chi connectivity index (χ1v) is 7.73. The maximum absolute atomic E-state index is 12.0. The molecule has 0 aliphatic rings. The highest BCUT2D eigenvalue weighted by Crippen LogP contribution is 2.11. The van der Waals surface area contributed by atoms with E-state index in [1.807, 2.05) is 30.3 Å². The van der Waals surface area contributed by atoms with E-state index in [9.17, 15) is 14.7 Å². The van der Waals surface area contributed by atoms with E-state index in [1.54, 1.807) is 24.3 Å². The highest BCUT2D eigenvalue weighted by molar-refractivity contribution is 6.30. The predicted molar refractivity (Wildman–Crippen MR) is 89.5 cm³/mol. The van der Waals surface area contributed by atoms with Gasteiger partial charge in [0.05, 0.1) is 0 Å². The van der Waals surface area contributed by atoms with Crippen LogP contribution in [0, 0.1) is 0 Å². The van der Waals surface area contributed by atoms with Crippen LogP contribution < -0.4 is 5.32 Å². The average molecular weight is 332 g/mol. The number of amides is 1. The number of nitrogens with one attached hydrogen (secondary N) is 1. The van der Waals surface area contributed by atoms with E-state index in [1.165, 1.54) is 0 Å². The van der Waals surface area contributed by atoms with Crippen molar-refractivity contribution in [3.8, 4) is 0 Å². The SMILES string of the molecule is O=C(CCc1ccccc1)N[C@@H](Cc1ccc(Cl)cc1)C(=O)O. The molecule has 0 spiro atoms. The fourth-order valence-corrected chi connectivity index (χ4v) is 2.35. The highest BCUT2D eigenvalue weighted by Gasteiger charge is 2.20. The lowest BCUT2D eigenvalue weighted by Gasteiger charge is -2.14. The molecule has 5 heteroatoms. The van der Waals surface area contributed by atoms with Gasteiger partial charge in [0.2, 0.25) is 5.91 Å². The van der Waals surface area contributed by atoms with E-state index < -0.39 is 12.0 Å². The van der Waals surface area contributed by atoms with E-state index >= 15 is 0 Å². The summed E-state index contributed by atoms with van der Waals surface area (Å²) in [6, 6.07) is 15.6. The Morgan fingerprint density at radius 3 is 2.26 bits per heavy atom. The van der Waals surface area contributed by atoms with Gasteiger partial charge >= 0.3 is 5.97 Å². The van der Waals surface area contributed by atoms with Crippen molar-refractivity contribution in [2.45, 2.75) is 25.3 Å². The van der Waals surface area contributed by atoms with Crippen molar-refractivity contribution < 1.29 is 14.7 Å². The summed E-state index contributed by atoms with van der Waals surface area (Å²) in [6.45, 7) is 0. The van der Waals surface area contributed by atoms with Crippen molar-refractivity contribution in [1.29, 1.82) is 0 Å². The van der Waals surface area contributed by atoms with Crippen LogP contribution in [0.15, 0.2) is 54.6 Å². The minimum absolute atomic E-state index is 0.226. The summed E-state index contributed by atoms with van der Waals surface area (Å²) in [5, 5.41) is 12.5. The first kappa shape index (κ1) is 17.0. The van der Waals surface area contributed by atoms with Crippen LogP contribution in [0.3, 0.4) is 0 Å². The molecule has 0 aliphatic heterocycles. The van der Waals surface area contributed by atoms with Crippen LogP contribution in [0.4, 0.5) is 0 Å². The summed E-state index contributed by atoms with van der Waals surface area (Å²) >= 11 is 5.81. The van der Waals surface area contributed by atoms with E-state index in [-0.39, 0.29) is 18.7 Å². The number of hydrogen-bond acceptors (Lipinski definition) is 2. The van der Waals surface area contributed by atoms with Crippen molar-refractivity contribution in [3.05, 3.63) is 70.7 Å². The van der Waals surface area contributed by atoms with Gasteiger partial charge in [-0.15, -0.1) is 0 Å². The smallest absolute Gasteiger partial charge is 0.326 e. The van der Waals surface area contributed by atoms with Gasteiger partial charge in [0, 0.05) is 17.9 Å². The largest absolute Gasteiger partial charge is 0.480 e. The van der Waals surface area contributed by atoms with Crippen molar-refractivity contribution >= 4 is 23.5 Å². The number of aliphatic carboxylic acids is 1. The molecule has 2 aromatic carbocycles. The van der Waals surface area contributed by atoms with Gasteiger partial charge in [-0.25, -0.2) is 4.79 Å². The lowest BCUT2D eigenvalue weighted by Crippen LogP contribution is -2.42. The van der Waals surface area contributed by atoms with Gasteiger partial charge in [-0.3, -0.25) is 4.79 Å². The van der Waals surface area contributed by atoms with Crippen LogP contribution in [0.25, 0.3) is 0 Å². The number of carbonyl (C=O) groups is 2. The van der Waals surface area contributed by atoms with Gasteiger partial charge in [-0.1, -0.05) is 54.1 Å². The molecule has 0 radical (unpaired) electrons. The first-order chi connectivity index (χ1) is 11.0. The van der Waals surface area contributed by atoms with Crippen LogP contribution in [0.5, 0.6) is 0 Å². The minimum Gasteiger partial charge on any atom is -0.480 e. The summed E-state index contributed by atoms with van der Waals surface area (Å²) in [5.41, 5.74) is 1.86. The number of benzene rings is 2. The molecule has 0 heterocycles. The van der Waals surface area contributed by atoms with Crippen LogP contribution in [0.1, 0.15) is 17.5 Å². The zero-order chi connectivity index (χ0) is 16.7. The third-order valence-corrected chi connectivity index (χ3v) is 3.72. The fraction of sp³-hybridized carbons (Fsp3) is 0.222. The summed E-state index contributed by atoms with van der Waals surface area (Å²) in [5.74, 6) is -1.32. The van der Waals surface area contributed by atoms with Crippen molar-refractivity contribution in [3.63, 3.8) is 0 Å². The lowest BCUT2D eigenvalue weighted by molar-refractivity contribution is -0.141. The predicted octanol–water partition coefficient (Wildman–Crippen LogP) is 3.08. The number of aryl methyl sites for hydroxylation is 1. The van der Waals surface area contributed by atoms with Gasteiger partial charge in [0.25, 0.3) is 0 Å². The van der Waals surface area contributed by atoms with Crippen molar-refractivity contribution in [2.75, 3.05) is 0 Å². The molecule has 0 saturated carbocycles. The Kier molecular flexibility index (Phi) is 6.18. The number of carboxylic acid groups (broad SMARTS) is 1. The Labute approximate surface area is 140 Å². The van der Waals surface area contributed by atoms with E-state index in [0.29, 0.717) is 11.4 Å². The number of rotatable bonds is 7. The number of halogens is 1. The minimum atomic E-state index is -1.05. The van der Waals surface area contributed by atoms with Gasteiger partial charge in [0.15, 0.2) is 0 Å². The molecule has 0 aromatic heterocycles. The van der Waals surface area contributed by atoms with Crippen LogP contribution in [-0.4, -0.2) is 23.0 Å². The molecule has 2 N–H and O–H groups in total. The van der Waals surface area contributed by atoms with Gasteiger partial charge in [-0.05, 0) is 29.7 Å². The Morgan fingerprint density at radius 2 is 1.65 bits per heavy atom. The summed E-state index contributed by atoms with van der Waals surface area (Å²) in [7, 11) is 0. The Bertz CT molecular complexity index is 656. The molecule has 2 rings (SSSR count). The quantitative estimate of drug-likeness (QED) is 0.819. The molecule has 4 nitrogen and oxygen atoms in total. The summed E-state index contributed by atoms with van der Waals surface area (Å²) in [4.78, 5) is 23.3. The molecule has 0 fully saturated rings. The first-order valence-electron chi connectivity index (χ1n) is 7.35. The molecular formula is C18H18ClNO3. The van der Waals surface area contributed by atoms with Crippen LogP contribution in [0.2, 0.25) is 5.02 Å². The fourth-order valence-electron chi connectivity index (χ4n) is 2.23. The number of carboxylic acids is 1. The molecule has 1 amide bonds. The third-order valence-electron chi connectivity index (χ3n) is 3.47. The molecule has 0 unspecified atom stereocenters. The Hall–Kier alpha value is -2.33. The Morgan fingerprint density at radius 1 is 1.00 bits per heavy atom. The second-order valence-electron chi connectivity index (χ2n) is 5.27. The van der Waals surface area contributed by atoms with Gasteiger partial charge in [0.1, 0.15) is 6.04 Å². The second kappa shape index (κ2) is 8.34. The maximum atomic E-state index is 12.0. The molecule has 0 saturated heterocycles. The molecule has 23 heavy (non-hydrogen) atoms. The average Bonchev–Trinajstić information content (AvgIpc) is 2.55. The molecule has 120 valence electrons. The second-order valence-corrected chi connectivity index (χ2v) is 5.71. The normalized spacial score (nSPS) is 11.7. The van der Waals surface area contributed by atoms with Crippen molar-refractivity contribution in [1.82, 2.24) is 5.32 Å². The lowest BCUT2D eigenvalue weighted by atomic mass is 10.1. The highest BCUT2D eigenvalue weighted by atomic mass is 35.5. The van der Waals surface area contributed by atoms with Crippen molar-refractivity contribution in [2.24, 2.45) is 0 Å². The topological polar surface area (TPSA) is 66.4 Å². The zero-order valence-electron chi connectivity index (χ0n) is 12.5. The summed E-state index contributed by atoms with van der Waals surface area (Å²) < 4.78 is 0. The van der Waals surface area contributed by atoms with Crippen LogP contribution >= 0.6 is 11.6 Å². The monoisotopic (exact) mass is 331 g/mol. The molecule has 0 bridgehead atoms.